The van der Waals surface area contributed by atoms with Crippen LogP contribution in [0.15, 0.2) is 24.3 Å². The number of nitrogen functional groups attached to an aromatic ring is 1. The third-order valence-electron chi connectivity index (χ3n) is 2.03. The predicted molar refractivity (Wildman–Crippen MR) is 59.3 cm³/mol. The molecular weight excluding hydrogens is 206 g/mol. The molecule has 1 aromatic carbocycles. The summed E-state index contributed by atoms with van der Waals surface area (Å²) in [6.45, 7) is 2.86. The van der Waals surface area contributed by atoms with Gasteiger partial charge in [-0.25, -0.2) is 0 Å². The summed E-state index contributed by atoms with van der Waals surface area (Å²) in [5.74, 6) is 0.569. The fourth-order valence-electron chi connectivity index (χ4n) is 1.22. The van der Waals surface area contributed by atoms with Crippen molar-refractivity contribution in [3.05, 3.63) is 24.3 Å². The minimum atomic E-state index is 0.318. The lowest BCUT2D eigenvalue weighted by Crippen LogP contribution is -2.05. The smallest absolute Gasteiger partial charge is 0.205 e. The van der Waals surface area contributed by atoms with Crippen LogP contribution in [0.4, 0.5) is 5.69 Å². The van der Waals surface area contributed by atoms with Crippen LogP contribution >= 0.6 is 0 Å². The number of rotatable bonds is 4. The maximum Gasteiger partial charge on any atom is 0.205 e. The van der Waals surface area contributed by atoms with Crippen molar-refractivity contribution in [2.24, 2.45) is 0 Å². The van der Waals surface area contributed by atoms with Crippen LogP contribution in [0.2, 0.25) is 0 Å². The van der Waals surface area contributed by atoms with Crippen LogP contribution < -0.4 is 5.73 Å². The van der Waals surface area contributed by atoms with Gasteiger partial charge in [-0.2, -0.15) is 0 Å². The van der Waals surface area contributed by atoms with Crippen molar-refractivity contribution in [1.29, 1.82) is 0 Å². The fraction of sp³-hybridized carbons (Fsp3) is 0.300. The number of tetrazole rings is 1. The van der Waals surface area contributed by atoms with E-state index in [2.05, 4.69) is 15.4 Å². The van der Waals surface area contributed by atoms with Crippen LogP contribution in [-0.2, 0) is 11.5 Å². The Balaban J connectivity index is 2.15. The minimum Gasteiger partial charge on any atom is -0.399 e. The molecule has 1 aromatic heterocycles. The number of aromatic nitrogens is 4. The summed E-state index contributed by atoms with van der Waals surface area (Å²) in [6.07, 6.45) is 0. The van der Waals surface area contributed by atoms with E-state index in [4.69, 9.17) is 10.5 Å². The molecule has 0 fully saturated rings. The monoisotopic (exact) mass is 219 g/mol. The molecule has 2 N–H and O–H groups in total. The van der Waals surface area contributed by atoms with Gasteiger partial charge in [-0.1, -0.05) is 0 Å². The zero-order chi connectivity index (χ0) is 11.4. The second-order valence-corrected chi connectivity index (χ2v) is 3.23. The van der Waals surface area contributed by atoms with Gasteiger partial charge in [0.1, 0.15) is 0 Å². The Kier molecular flexibility index (Phi) is 3.11. The Labute approximate surface area is 93.0 Å². The van der Waals surface area contributed by atoms with Crippen molar-refractivity contribution in [3.8, 4) is 11.4 Å². The van der Waals surface area contributed by atoms with E-state index >= 15 is 0 Å². The topological polar surface area (TPSA) is 78.8 Å². The van der Waals surface area contributed by atoms with Gasteiger partial charge in [0.15, 0.2) is 6.73 Å². The van der Waals surface area contributed by atoms with Crippen LogP contribution in [-0.4, -0.2) is 26.8 Å². The number of nitrogens with zero attached hydrogens (tertiary/aromatic N) is 4. The highest BCUT2D eigenvalue weighted by Gasteiger charge is 2.04. The predicted octanol–water partition coefficient (Wildman–Crippen LogP) is 0.916. The summed E-state index contributed by atoms with van der Waals surface area (Å²) in [7, 11) is 0. The SMILES string of the molecule is CCOCn1nnc(-c2ccc(N)cc2)n1. The van der Waals surface area contributed by atoms with Gasteiger partial charge in [0.05, 0.1) is 0 Å². The van der Waals surface area contributed by atoms with Crippen LogP contribution in [0.3, 0.4) is 0 Å². The molecule has 16 heavy (non-hydrogen) atoms. The largest absolute Gasteiger partial charge is 0.399 e. The molecule has 0 unspecified atom stereocenters. The Bertz CT molecular complexity index is 450. The van der Waals surface area contributed by atoms with E-state index in [0.717, 1.165) is 5.56 Å². The van der Waals surface area contributed by atoms with Crippen LogP contribution in [0, 0.1) is 0 Å². The van der Waals surface area contributed by atoms with Crippen molar-refractivity contribution in [2.75, 3.05) is 12.3 Å². The molecule has 0 saturated heterocycles. The van der Waals surface area contributed by atoms with E-state index in [1.165, 1.54) is 4.80 Å². The van der Waals surface area contributed by atoms with E-state index in [-0.39, 0.29) is 0 Å². The van der Waals surface area contributed by atoms with Crippen molar-refractivity contribution in [2.45, 2.75) is 13.7 Å². The first-order valence-corrected chi connectivity index (χ1v) is 5.01. The summed E-state index contributed by atoms with van der Waals surface area (Å²) in [6, 6.07) is 7.33. The molecule has 6 heteroatoms. The number of anilines is 1. The summed E-state index contributed by atoms with van der Waals surface area (Å²) in [5.41, 5.74) is 7.19. The molecule has 2 aromatic rings. The first-order valence-electron chi connectivity index (χ1n) is 5.01. The van der Waals surface area contributed by atoms with Crippen molar-refractivity contribution < 1.29 is 4.74 Å². The summed E-state index contributed by atoms with van der Waals surface area (Å²) >= 11 is 0. The maximum atomic E-state index is 5.59. The summed E-state index contributed by atoms with van der Waals surface area (Å²) in [5, 5.41) is 12.0. The molecule has 0 aliphatic rings. The van der Waals surface area contributed by atoms with Gasteiger partial charge in [-0.05, 0) is 36.4 Å². The first kappa shape index (κ1) is 10.6. The second kappa shape index (κ2) is 4.71. The van der Waals surface area contributed by atoms with Gasteiger partial charge in [0, 0.05) is 17.9 Å². The van der Waals surface area contributed by atoms with Gasteiger partial charge < -0.3 is 10.5 Å². The highest BCUT2D eigenvalue weighted by atomic mass is 16.5. The summed E-state index contributed by atoms with van der Waals surface area (Å²) < 4.78 is 5.17. The molecule has 0 amide bonds. The average molecular weight is 219 g/mol. The standard InChI is InChI=1S/C10H13N5O/c1-2-16-7-15-13-10(12-14-15)8-3-5-9(11)6-4-8/h3-6H,2,7,11H2,1H3. The lowest BCUT2D eigenvalue weighted by atomic mass is 10.2. The highest BCUT2D eigenvalue weighted by molar-refractivity contribution is 5.57. The highest BCUT2D eigenvalue weighted by Crippen LogP contribution is 2.14. The number of nitrogens with two attached hydrogens (primary N) is 1. The Morgan fingerprint density at radius 1 is 1.31 bits per heavy atom. The van der Waals surface area contributed by atoms with Gasteiger partial charge in [-0.15, -0.1) is 15.0 Å². The van der Waals surface area contributed by atoms with E-state index in [9.17, 15) is 0 Å². The number of ether oxygens (including phenoxy) is 1. The Morgan fingerprint density at radius 3 is 2.75 bits per heavy atom. The molecule has 0 aliphatic carbocycles. The van der Waals surface area contributed by atoms with Crippen molar-refractivity contribution in [3.63, 3.8) is 0 Å². The molecule has 0 spiro atoms. The first-order chi connectivity index (χ1) is 7.79. The molecule has 0 bridgehead atoms. The molecular formula is C10H13N5O. The maximum absolute atomic E-state index is 5.59. The molecule has 0 radical (unpaired) electrons. The zero-order valence-electron chi connectivity index (χ0n) is 9.00. The van der Waals surface area contributed by atoms with E-state index in [1.807, 2.05) is 19.1 Å². The van der Waals surface area contributed by atoms with Gasteiger partial charge in [0.2, 0.25) is 5.82 Å². The van der Waals surface area contributed by atoms with E-state index in [1.54, 1.807) is 12.1 Å². The van der Waals surface area contributed by atoms with Crippen LogP contribution in [0.5, 0.6) is 0 Å². The summed E-state index contributed by atoms with van der Waals surface area (Å²) in [4.78, 5) is 1.41. The minimum absolute atomic E-state index is 0.318. The van der Waals surface area contributed by atoms with Gasteiger partial charge in [0.25, 0.3) is 0 Å². The van der Waals surface area contributed by atoms with Crippen molar-refractivity contribution >= 4 is 5.69 Å². The molecule has 2 rings (SSSR count). The Morgan fingerprint density at radius 2 is 2.06 bits per heavy atom. The number of hydrogen-bond acceptors (Lipinski definition) is 5. The number of benzene rings is 1. The molecule has 0 saturated carbocycles. The fourth-order valence-corrected chi connectivity index (χ4v) is 1.22. The molecule has 6 nitrogen and oxygen atoms in total. The normalized spacial score (nSPS) is 10.6. The number of hydrogen-bond donors (Lipinski definition) is 1. The van der Waals surface area contributed by atoms with Gasteiger partial charge >= 0.3 is 0 Å². The third-order valence-corrected chi connectivity index (χ3v) is 2.03. The third kappa shape index (κ3) is 2.34. The lowest BCUT2D eigenvalue weighted by molar-refractivity contribution is 0.0679. The zero-order valence-corrected chi connectivity index (χ0v) is 9.00. The molecule has 0 atom stereocenters. The molecule has 84 valence electrons. The quantitative estimate of drug-likeness (QED) is 0.773. The van der Waals surface area contributed by atoms with Crippen LogP contribution in [0.1, 0.15) is 6.92 Å². The van der Waals surface area contributed by atoms with E-state index in [0.29, 0.717) is 24.8 Å². The average Bonchev–Trinajstić information content (AvgIpc) is 2.76. The Hall–Kier alpha value is -1.95. The second-order valence-electron chi connectivity index (χ2n) is 3.23. The lowest BCUT2D eigenvalue weighted by Gasteiger charge is -1.97. The van der Waals surface area contributed by atoms with E-state index < -0.39 is 0 Å². The van der Waals surface area contributed by atoms with Crippen LogP contribution in [0.25, 0.3) is 11.4 Å². The van der Waals surface area contributed by atoms with Gasteiger partial charge in [-0.3, -0.25) is 0 Å². The molecule has 0 aliphatic heterocycles. The van der Waals surface area contributed by atoms with Crippen molar-refractivity contribution in [1.82, 2.24) is 20.2 Å². The molecule has 1 heterocycles.